The summed E-state index contributed by atoms with van der Waals surface area (Å²) in [5, 5.41) is 12.9. The van der Waals surface area contributed by atoms with Crippen LogP contribution in [0.3, 0.4) is 0 Å². The SMILES string of the molecule is CCOc1cc(C=C(C#N)C(=O)Nc2ccccc2)ccc1OCCOc1ccc(Cl)c(C)c1. The summed E-state index contributed by atoms with van der Waals surface area (Å²) in [7, 11) is 0. The highest BCUT2D eigenvalue weighted by molar-refractivity contribution is 6.31. The Morgan fingerprint density at radius 1 is 1.00 bits per heavy atom. The van der Waals surface area contributed by atoms with E-state index < -0.39 is 5.91 Å². The maximum atomic E-state index is 12.5. The smallest absolute Gasteiger partial charge is 0.266 e. The zero-order chi connectivity index (χ0) is 24.3. The fourth-order valence-corrected chi connectivity index (χ4v) is 3.17. The molecule has 0 saturated heterocycles. The van der Waals surface area contributed by atoms with E-state index >= 15 is 0 Å². The number of amides is 1. The molecule has 7 heteroatoms. The Bertz CT molecular complexity index is 1200. The molecule has 0 spiro atoms. The molecule has 0 fully saturated rings. The van der Waals surface area contributed by atoms with Crippen LogP contribution in [0.5, 0.6) is 17.2 Å². The molecule has 0 bridgehead atoms. The summed E-state index contributed by atoms with van der Waals surface area (Å²) in [5.74, 6) is 1.29. The van der Waals surface area contributed by atoms with E-state index in [1.807, 2.05) is 38.1 Å². The van der Waals surface area contributed by atoms with Gasteiger partial charge in [-0.05, 0) is 73.5 Å². The molecule has 0 aromatic heterocycles. The number of aryl methyl sites for hydroxylation is 1. The van der Waals surface area contributed by atoms with Crippen LogP contribution < -0.4 is 19.5 Å². The van der Waals surface area contributed by atoms with Gasteiger partial charge in [-0.25, -0.2) is 0 Å². The van der Waals surface area contributed by atoms with Crippen molar-refractivity contribution < 1.29 is 19.0 Å². The minimum Gasteiger partial charge on any atom is -0.490 e. The Kier molecular flexibility index (Phi) is 8.96. The Balaban J connectivity index is 1.65. The van der Waals surface area contributed by atoms with Crippen LogP contribution in [-0.2, 0) is 4.79 Å². The van der Waals surface area contributed by atoms with Crippen LogP contribution in [0.2, 0.25) is 5.02 Å². The molecule has 6 nitrogen and oxygen atoms in total. The topological polar surface area (TPSA) is 80.6 Å². The van der Waals surface area contributed by atoms with E-state index in [0.29, 0.717) is 53.3 Å². The summed E-state index contributed by atoms with van der Waals surface area (Å²) in [4.78, 5) is 12.5. The molecule has 0 heterocycles. The van der Waals surface area contributed by atoms with Gasteiger partial charge >= 0.3 is 0 Å². The average Bonchev–Trinajstić information content (AvgIpc) is 2.84. The zero-order valence-electron chi connectivity index (χ0n) is 19.0. The van der Waals surface area contributed by atoms with Crippen molar-refractivity contribution in [3.8, 4) is 23.3 Å². The molecule has 174 valence electrons. The van der Waals surface area contributed by atoms with Gasteiger partial charge in [0.2, 0.25) is 0 Å². The number of para-hydroxylation sites is 1. The number of halogens is 1. The van der Waals surface area contributed by atoms with Gasteiger partial charge in [-0.15, -0.1) is 0 Å². The number of carbonyl (C=O) groups excluding carboxylic acids is 1. The number of hydrogen-bond donors (Lipinski definition) is 1. The third-order valence-corrected chi connectivity index (χ3v) is 5.14. The summed E-state index contributed by atoms with van der Waals surface area (Å²) < 4.78 is 17.3. The van der Waals surface area contributed by atoms with Crippen molar-refractivity contribution >= 4 is 29.3 Å². The number of benzene rings is 3. The van der Waals surface area contributed by atoms with Crippen LogP contribution in [0.15, 0.2) is 72.3 Å². The molecule has 0 unspecified atom stereocenters. The van der Waals surface area contributed by atoms with Crippen LogP contribution in [-0.4, -0.2) is 25.7 Å². The lowest BCUT2D eigenvalue weighted by Crippen LogP contribution is -2.13. The Morgan fingerprint density at radius 2 is 1.76 bits per heavy atom. The fraction of sp³-hybridized carbons (Fsp3) is 0.185. The predicted molar refractivity (Wildman–Crippen MR) is 133 cm³/mol. The number of ether oxygens (including phenoxy) is 3. The second-order valence-corrected chi connectivity index (χ2v) is 7.64. The quantitative estimate of drug-likeness (QED) is 0.219. The molecule has 0 aliphatic heterocycles. The lowest BCUT2D eigenvalue weighted by Gasteiger charge is -2.13. The van der Waals surface area contributed by atoms with Crippen LogP contribution in [0, 0.1) is 18.3 Å². The van der Waals surface area contributed by atoms with Gasteiger partial charge in [-0.3, -0.25) is 4.79 Å². The standard InChI is InChI=1S/C27H25ClN2O4/c1-3-32-26-17-20(16-21(18-29)27(31)30-22-7-5-4-6-8-22)9-12-25(26)34-14-13-33-23-10-11-24(28)19(2)15-23/h4-12,15-17H,3,13-14H2,1-2H3,(H,30,31). The number of rotatable bonds is 10. The molecule has 0 aliphatic carbocycles. The monoisotopic (exact) mass is 476 g/mol. The van der Waals surface area contributed by atoms with Crippen LogP contribution in [0.4, 0.5) is 5.69 Å². The maximum absolute atomic E-state index is 12.5. The van der Waals surface area contributed by atoms with Crippen molar-refractivity contribution in [1.29, 1.82) is 5.26 Å². The molecule has 3 rings (SSSR count). The van der Waals surface area contributed by atoms with Crippen molar-refractivity contribution in [2.75, 3.05) is 25.1 Å². The third-order valence-electron chi connectivity index (χ3n) is 4.71. The van der Waals surface area contributed by atoms with Crippen LogP contribution >= 0.6 is 11.6 Å². The van der Waals surface area contributed by atoms with E-state index in [1.165, 1.54) is 6.08 Å². The minimum absolute atomic E-state index is 0.0216. The molecule has 0 saturated carbocycles. The number of hydrogen-bond acceptors (Lipinski definition) is 5. The minimum atomic E-state index is -0.485. The molecule has 34 heavy (non-hydrogen) atoms. The fourth-order valence-electron chi connectivity index (χ4n) is 3.06. The number of anilines is 1. The van der Waals surface area contributed by atoms with Crippen molar-refractivity contribution in [3.05, 3.63) is 88.5 Å². The Morgan fingerprint density at radius 3 is 2.47 bits per heavy atom. The molecule has 0 aliphatic rings. The molecule has 3 aromatic carbocycles. The second-order valence-electron chi connectivity index (χ2n) is 7.24. The predicted octanol–water partition coefficient (Wildman–Crippen LogP) is 6.05. The van der Waals surface area contributed by atoms with Gasteiger partial charge in [-0.2, -0.15) is 5.26 Å². The first-order chi connectivity index (χ1) is 16.5. The summed E-state index contributed by atoms with van der Waals surface area (Å²) in [6, 6.07) is 21.6. The summed E-state index contributed by atoms with van der Waals surface area (Å²) in [6.07, 6.45) is 1.51. The highest BCUT2D eigenvalue weighted by atomic mass is 35.5. The van der Waals surface area contributed by atoms with Crippen LogP contribution in [0.1, 0.15) is 18.1 Å². The summed E-state index contributed by atoms with van der Waals surface area (Å²) >= 11 is 6.04. The Hall–Kier alpha value is -3.95. The van der Waals surface area contributed by atoms with Crippen molar-refractivity contribution in [2.24, 2.45) is 0 Å². The highest BCUT2D eigenvalue weighted by Crippen LogP contribution is 2.29. The normalized spacial score (nSPS) is 10.8. The lowest BCUT2D eigenvalue weighted by molar-refractivity contribution is -0.112. The summed E-state index contributed by atoms with van der Waals surface area (Å²) in [6.45, 7) is 4.86. The molecule has 0 radical (unpaired) electrons. The molecule has 3 aromatic rings. The van der Waals surface area contributed by atoms with Gasteiger partial charge in [0, 0.05) is 10.7 Å². The van der Waals surface area contributed by atoms with Crippen molar-refractivity contribution in [1.82, 2.24) is 0 Å². The van der Waals surface area contributed by atoms with Gasteiger partial charge in [0.15, 0.2) is 11.5 Å². The summed E-state index contributed by atoms with van der Waals surface area (Å²) in [5.41, 5.74) is 2.18. The second kappa shape index (κ2) is 12.3. The van der Waals surface area contributed by atoms with Gasteiger partial charge in [0.05, 0.1) is 6.61 Å². The number of nitrogens with one attached hydrogen (secondary N) is 1. The first-order valence-corrected chi connectivity index (χ1v) is 11.1. The molecular weight excluding hydrogens is 452 g/mol. The van der Waals surface area contributed by atoms with E-state index in [2.05, 4.69) is 5.32 Å². The average molecular weight is 477 g/mol. The van der Waals surface area contributed by atoms with Crippen molar-refractivity contribution in [3.63, 3.8) is 0 Å². The Labute approximate surface area is 204 Å². The number of carbonyl (C=O) groups is 1. The van der Waals surface area contributed by atoms with Gasteiger partial charge in [-0.1, -0.05) is 35.9 Å². The van der Waals surface area contributed by atoms with E-state index in [9.17, 15) is 10.1 Å². The van der Waals surface area contributed by atoms with E-state index in [-0.39, 0.29) is 5.57 Å². The first kappa shape index (κ1) is 24.7. The number of nitriles is 1. The number of nitrogens with zero attached hydrogens (tertiary/aromatic N) is 1. The molecule has 0 atom stereocenters. The van der Waals surface area contributed by atoms with E-state index in [1.54, 1.807) is 48.5 Å². The molecular formula is C27H25ClN2O4. The molecule has 1 N–H and O–H groups in total. The third kappa shape index (κ3) is 7.03. The largest absolute Gasteiger partial charge is 0.490 e. The van der Waals surface area contributed by atoms with E-state index in [0.717, 1.165) is 5.56 Å². The van der Waals surface area contributed by atoms with Gasteiger partial charge in [0.25, 0.3) is 5.91 Å². The maximum Gasteiger partial charge on any atom is 0.266 e. The van der Waals surface area contributed by atoms with E-state index in [4.69, 9.17) is 25.8 Å². The van der Waals surface area contributed by atoms with Gasteiger partial charge < -0.3 is 19.5 Å². The van der Waals surface area contributed by atoms with Crippen molar-refractivity contribution in [2.45, 2.75) is 13.8 Å². The highest BCUT2D eigenvalue weighted by Gasteiger charge is 2.11. The molecule has 1 amide bonds. The lowest BCUT2D eigenvalue weighted by atomic mass is 10.1. The zero-order valence-corrected chi connectivity index (χ0v) is 19.8. The first-order valence-electron chi connectivity index (χ1n) is 10.8. The van der Waals surface area contributed by atoms with Gasteiger partial charge in [0.1, 0.15) is 30.6 Å². The van der Waals surface area contributed by atoms with Crippen LogP contribution in [0.25, 0.3) is 6.08 Å².